The minimum atomic E-state index is -0.462. The van der Waals surface area contributed by atoms with Crippen LogP contribution < -0.4 is 20.9 Å². The third kappa shape index (κ3) is 7.49. The third-order valence-corrected chi connectivity index (χ3v) is 7.25. The summed E-state index contributed by atoms with van der Waals surface area (Å²) in [6.07, 6.45) is 6.55. The number of carbonyl (C=O) groups is 2. The Bertz CT molecular complexity index is 1530. The molecule has 1 fully saturated rings. The van der Waals surface area contributed by atoms with Gasteiger partial charge in [-0.1, -0.05) is 42.5 Å². The zero-order valence-corrected chi connectivity index (χ0v) is 22.7. The molecule has 0 spiro atoms. The van der Waals surface area contributed by atoms with Crippen molar-refractivity contribution in [3.63, 3.8) is 0 Å². The number of hydrogen-bond acceptors (Lipinski definition) is 5. The van der Waals surface area contributed by atoms with Gasteiger partial charge < -0.3 is 20.9 Å². The fourth-order valence-electron chi connectivity index (χ4n) is 5.14. The predicted molar refractivity (Wildman–Crippen MR) is 161 cm³/mol. The molecule has 3 amide bonds. The number of benzene rings is 3. The van der Waals surface area contributed by atoms with Gasteiger partial charge in [0.2, 0.25) is 0 Å². The van der Waals surface area contributed by atoms with Crippen LogP contribution in [0.2, 0.25) is 0 Å². The van der Waals surface area contributed by atoms with Gasteiger partial charge in [-0.3, -0.25) is 9.78 Å². The number of anilines is 3. The van der Waals surface area contributed by atoms with Gasteiger partial charge in [0.15, 0.2) is 0 Å². The molecule has 2 heterocycles. The number of nitriles is 1. The Hall–Kier alpha value is -5.16. The van der Waals surface area contributed by atoms with Crippen molar-refractivity contribution in [3.05, 3.63) is 120 Å². The fraction of sp³-hybridized carbons (Fsp3) is 0.212. The second kappa shape index (κ2) is 13.3. The zero-order valence-electron chi connectivity index (χ0n) is 22.7. The zero-order chi connectivity index (χ0) is 28.4. The molecule has 8 heteroatoms. The van der Waals surface area contributed by atoms with Crippen LogP contribution in [0.5, 0.6) is 0 Å². The van der Waals surface area contributed by atoms with Gasteiger partial charge in [-0.05, 0) is 78.8 Å². The average molecular weight is 545 g/mol. The van der Waals surface area contributed by atoms with E-state index in [4.69, 9.17) is 5.26 Å². The van der Waals surface area contributed by atoms with Crippen molar-refractivity contribution in [2.75, 3.05) is 28.6 Å². The second-order valence-corrected chi connectivity index (χ2v) is 10.2. The summed E-state index contributed by atoms with van der Waals surface area (Å²) in [5.74, 6) is 0.377. The first-order chi connectivity index (χ1) is 20.1. The SMILES string of the molecule is N#Cc1cccc(NC(=O)Nc2ccc(N3CCC(Cc4ccccc4)CC3)c(C(=O)NCc3cccnc3)c2)c1. The van der Waals surface area contributed by atoms with Crippen LogP contribution >= 0.6 is 0 Å². The molecule has 206 valence electrons. The van der Waals surface area contributed by atoms with Gasteiger partial charge in [0.25, 0.3) is 5.91 Å². The Morgan fingerprint density at radius 2 is 1.63 bits per heavy atom. The molecule has 0 saturated carbocycles. The molecule has 4 aromatic rings. The largest absolute Gasteiger partial charge is 0.371 e. The summed E-state index contributed by atoms with van der Waals surface area (Å²) in [5.41, 5.74) is 5.05. The number of aromatic nitrogens is 1. The van der Waals surface area contributed by atoms with E-state index in [0.29, 0.717) is 35.0 Å². The number of pyridine rings is 1. The van der Waals surface area contributed by atoms with Gasteiger partial charge in [-0.2, -0.15) is 5.26 Å². The number of nitrogens with zero attached hydrogens (tertiary/aromatic N) is 3. The van der Waals surface area contributed by atoms with E-state index in [2.05, 4.69) is 56.2 Å². The van der Waals surface area contributed by atoms with Crippen LogP contribution in [0.4, 0.5) is 21.9 Å². The summed E-state index contributed by atoms with van der Waals surface area (Å²) in [5, 5.41) is 17.7. The molecule has 0 unspecified atom stereocenters. The number of piperidine rings is 1. The van der Waals surface area contributed by atoms with E-state index >= 15 is 0 Å². The smallest absolute Gasteiger partial charge is 0.323 e. The van der Waals surface area contributed by atoms with Crippen molar-refractivity contribution in [2.45, 2.75) is 25.8 Å². The molecule has 1 saturated heterocycles. The highest BCUT2D eigenvalue weighted by atomic mass is 16.2. The topological polar surface area (TPSA) is 110 Å². The first-order valence-electron chi connectivity index (χ1n) is 13.8. The van der Waals surface area contributed by atoms with E-state index in [1.54, 1.807) is 42.7 Å². The highest BCUT2D eigenvalue weighted by Crippen LogP contribution is 2.30. The Morgan fingerprint density at radius 1 is 0.878 bits per heavy atom. The van der Waals surface area contributed by atoms with E-state index in [1.807, 2.05) is 30.3 Å². The Kier molecular flexibility index (Phi) is 8.87. The van der Waals surface area contributed by atoms with Gasteiger partial charge >= 0.3 is 6.03 Å². The third-order valence-electron chi connectivity index (χ3n) is 7.25. The first-order valence-corrected chi connectivity index (χ1v) is 13.8. The summed E-state index contributed by atoms with van der Waals surface area (Å²) in [4.78, 5) is 32.6. The maximum absolute atomic E-state index is 13.5. The van der Waals surface area contributed by atoms with Crippen LogP contribution in [0, 0.1) is 17.2 Å². The fourth-order valence-corrected chi connectivity index (χ4v) is 5.14. The van der Waals surface area contributed by atoms with E-state index in [9.17, 15) is 9.59 Å². The molecule has 1 aromatic heterocycles. The highest BCUT2D eigenvalue weighted by molar-refractivity contribution is 6.04. The van der Waals surface area contributed by atoms with Gasteiger partial charge in [-0.25, -0.2) is 4.79 Å². The normalized spacial score (nSPS) is 13.2. The number of nitrogens with one attached hydrogen (secondary N) is 3. The Balaban J connectivity index is 1.30. The van der Waals surface area contributed by atoms with E-state index in [0.717, 1.165) is 43.6 Å². The molecular weight excluding hydrogens is 512 g/mol. The van der Waals surface area contributed by atoms with Gasteiger partial charge in [0.1, 0.15) is 0 Å². The number of hydrogen-bond donors (Lipinski definition) is 3. The van der Waals surface area contributed by atoms with Crippen LogP contribution in [0.25, 0.3) is 0 Å². The van der Waals surface area contributed by atoms with Crippen molar-refractivity contribution < 1.29 is 9.59 Å². The maximum Gasteiger partial charge on any atom is 0.323 e. The molecule has 1 aliphatic heterocycles. The summed E-state index contributed by atoms with van der Waals surface area (Å²) < 4.78 is 0. The molecule has 5 rings (SSSR count). The lowest BCUT2D eigenvalue weighted by molar-refractivity contribution is 0.0951. The van der Waals surface area contributed by atoms with Crippen molar-refractivity contribution in [3.8, 4) is 6.07 Å². The molecule has 8 nitrogen and oxygen atoms in total. The molecule has 3 N–H and O–H groups in total. The van der Waals surface area contributed by atoms with E-state index in [-0.39, 0.29) is 5.91 Å². The molecule has 0 atom stereocenters. The molecule has 0 aliphatic carbocycles. The maximum atomic E-state index is 13.5. The number of rotatable bonds is 8. The van der Waals surface area contributed by atoms with Crippen LogP contribution in [-0.4, -0.2) is 30.0 Å². The predicted octanol–water partition coefficient (Wildman–Crippen LogP) is 5.99. The van der Waals surface area contributed by atoms with E-state index in [1.165, 1.54) is 5.56 Å². The van der Waals surface area contributed by atoms with E-state index < -0.39 is 6.03 Å². The monoisotopic (exact) mass is 544 g/mol. The number of urea groups is 1. The number of carbonyl (C=O) groups excluding carboxylic acids is 2. The lowest BCUT2D eigenvalue weighted by Crippen LogP contribution is -2.36. The van der Waals surface area contributed by atoms with Crippen LogP contribution in [0.1, 0.15) is 39.9 Å². The van der Waals surface area contributed by atoms with Gasteiger partial charge in [0, 0.05) is 49.1 Å². The van der Waals surface area contributed by atoms with Crippen molar-refractivity contribution in [1.29, 1.82) is 5.26 Å². The Morgan fingerprint density at radius 3 is 2.37 bits per heavy atom. The van der Waals surface area contributed by atoms with Crippen molar-refractivity contribution in [2.24, 2.45) is 5.92 Å². The highest BCUT2D eigenvalue weighted by Gasteiger charge is 2.24. The van der Waals surface area contributed by atoms with Crippen molar-refractivity contribution in [1.82, 2.24) is 10.3 Å². The second-order valence-electron chi connectivity index (χ2n) is 10.2. The molecule has 3 aromatic carbocycles. The quantitative estimate of drug-likeness (QED) is 0.253. The molecule has 0 radical (unpaired) electrons. The summed E-state index contributed by atoms with van der Waals surface area (Å²) in [6.45, 7) is 2.05. The standard InChI is InChI=1S/C33H32N6O2/c34-21-26-8-4-10-28(19-26)37-33(41)38-29-11-12-31(30(20-29)32(40)36-23-27-9-5-15-35-22-27)39-16-13-25(14-17-39)18-24-6-2-1-3-7-24/h1-12,15,19-20,22,25H,13-14,16-18,23H2,(H,36,40)(H2,37,38,41). The molecular formula is C33H32N6O2. The lowest BCUT2D eigenvalue weighted by Gasteiger charge is -2.35. The van der Waals surface area contributed by atoms with Crippen molar-refractivity contribution >= 4 is 29.0 Å². The Labute approximate surface area is 240 Å². The minimum Gasteiger partial charge on any atom is -0.371 e. The average Bonchev–Trinajstić information content (AvgIpc) is 3.01. The number of amides is 3. The van der Waals surface area contributed by atoms with Crippen LogP contribution in [0.15, 0.2) is 97.3 Å². The summed E-state index contributed by atoms with van der Waals surface area (Å²) in [6, 6.07) is 28.0. The molecule has 41 heavy (non-hydrogen) atoms. The summed E-state index contributed by atoms with van der Waals surface area (Å²) >= 11 is 0. The molecule has 0 bridgehead atoms. The first kappa shape index (κ1) is 27.4. The van der Waals surface area contributed by atoms with Gasteiger partial charge in [0.05, 0.1) is 17.2 Å². The summed E-state index contributed by atoms with van der Waals surface area (Å²) in [7, 11) is 0. The lowest BCUT2D eigenvalue weighted by atomic mass is 9.89. The van der Waals surface area contributed by atoms with Gasteiger partial charge in [-0.15, -0.1) is 0 Å². The van der Waals surface area contributed by atoms with Crippen LogP contribution in [0.3, 0.4) is 0 Å². The minimum absolute atomic E-state index is 0.221. The molecule has 1 aliphatic rings. The van der Waals surface area contributed by atoms with Crippen LogP contribution in [-0.2, 0) is 13.0 Å².